The molecule has 0 aliphatic rings. The van der Waals surface area contributed by atoms with Gasteiger partial charge in [-0.05, 0) is 30.2 Å². The maximum absolute atomic E-state index is 4.20. The summed E-state index contributed by atoms with van der Waals surface area (Å²) >= 11 is 0. The number of rotatable bonds is 5. The maximum atomic E-state index is 4.20. The summed E-state index contributed by atoms with van der Waals surface area (Å²) < 4.78 is 1.90. The van der Waals surface area contributed by atoms with E-state index in [1.54, 1.807) is 6.20 Å². The molecule has 0 fully saturated rings. The zero-order valence-corrected chi connectivity index (χ0v) is 12.2. The van der Waals surface area contributed by atoms with Crippen molar-refractivity contribution in [2.24, 2.45) is 7.05 Å². The van der Waals surface area contributed by atoms with Crippen molar-refractivity contribution in [3.8, 4) is 11.3 Å². The van der Waals surface area contributed by atoms with Gasteiger partial charge in [0.05, 0.1) is 11.4 Å². The summed E-state index contributed by atoms with van der Waals surface area (Å²) in [4.78, 5) is 0. The van der Waals surface area contributed by atoms with Crippen LogP contribution in [0.4, 0.5) is 0 Å². The molecule has 0 spiro atoms. The first-order chi connectivity index (χ1) is 10.2. The van der Waals surface area contributed by atoms with Crippen molar-refractivity contribution in [2.45, 2.75) is 19.5 Å². The molecule has 0 saturated heterocycles. The van der Waals surface area contributed by atoms with Gasteiger partial charge in [0, 0.05) is 32.0 Å². The molecular weight excluding hydrogens is 262 g/mol. The van der Waals surface area contributed by atoms with Crippen molar-refractivity contribution in [2.75, 3.05) is 0 Å². The average molecular weight is 281 g/mol. The van der Waals surface area contributed by atoms with Gasteiger partial charge in [0.25, 0.3) is 0 Å². The molecule has 1 unspecified atom stereocenters. The van der Waals surface area contributed by atoms with Gasteiger partial charge in [0.2, 0.25) is 0 Å². The number of aromatic nitrogens is 4. The van der Waals surface area contributed by atoms with Crippen molar-refractivity contribution in [3.63, 3.8) is 0 Å². The molecule has 2 aromatic heterocycles. The van der Waals surface area contributed by atoms with Crippen LogP contribution in [0.2, 0.25) is 0 Å². The number of aromatic amines is 1. The minimum absolute atomic E-state index is 0.268. The topological polar surface area (TPSA) is 58.5 Å². The summed E-state index contributed by atoms with van der Waals surface area (Å²) in [6.45, 7) is 2.98. The zero-order chi connectivity index (χ0) is 14.7. The first-order valence-corrected chi connectivity index (χ1v) is 7.04. The lowest BCUT2D eigenvalue weighted by Crippen LogP contribution is -2.20. The average Bonchev–Trinajstić information content (AvgIpc) is 3.16. The van der Waals surface area contributed by atoms with Gasteiger partial charge in [-0.3, -0.25) is 9.78 Å². The molecule has 0 aliphatic carbocycles. The van der Waals surface area contributed by atoms with E-state index < -0.39 is 0 Å². The highest BCUT2D eigenvalue weighted by Crippen LogP contribution is 2.17. The number of nitrogens with zero attached hydrogens (tertiary/aromatic N) is 3. The molecule has 0 aliphatic heterocycles. The Kier molecular flexibility index (Phi) is 3.83. The predicted molar refractivity (Wildman–Crippen MR) is 82.5 cm³/mol. The molecule has 0 bridgehead atoms. The van der Waals surface area contributed by atoms with Gasteiger partial charge in [0.1, 0.15) is 0 Å². The van der Waals surface area contributed by atoms with Gasteiger partial charge < -0.3 is 5.32 Å². The quantitative estimate of drug-likeness (QED) is 0.756. The van der Waals surface area contributed by atoms with Gasteiger partial charge in [-0.25, -0.2) is 0 Å². The molecule has 1 aromatic carbocycles. The number of hydrogen-bond donors (Lipinski definition) is 2. The van der Waals surface area contributed by atoms with Crippen LogP contribution in [0, 0.1) is 0 Å². The Hall–Kier alpha value is -2.40. The van der Waals surface area contributed by atoms with Crippen LogP contribution in [0.5, 0.6) is 0 Å². The Bertz CT molecular complexity index is 682. The van der Waals surface area contributed by atoms with Crippen molar-refractivity contribution in [1.82, 2.24) is 25.3 Å². The Morgan fingerprint density at radius 3 is 2.57 bits per heavy atom. The van der Waals surface area contributed by atoms with Crippen molar-refractivity contribution >= 4 is 0 Å². The normalized spacial score (nSPS) is 12.5. The number of benzene rings is 1. The van der Waals surface area contributed by atoms with Crippen LogP contribution in [-0.2, 0) is 13.6 Å². The third-order valence-corrected chi connectivity index (χ3v) is 3.68. The Morgan fingerprint density at radius 1 is 1.14 bits per heavy atom. The molecule has 3 rings (SSSR count). The molecule has 0 amide bonds. The van der Waals surface area contributed by atoms with Crippen LogP contribution in [-0.4, -0.2) is 20.0 Å². The fraction of sp³-hybridized carbons (Fsp3) is 0.250. The van der Waals surface area contributed by atoms with E-state index in [0.29, 0.717) is 0 Å². The van der Waals surface area contributed by atoms with E-state index >= 15 is 0 Å². The number of H-pyrrole nitrogens is 1. The fourth-order valence-electron chi connectivity index (χ4n) is 2.40. The van der Waals surface area contributed by atoms with E-state index in [9.17, 15) is 0 Å². The van der Waals surface area contributed by atoms with Crippen LogP contribution in [0.25, 0.3) is 11.3 Å². The van der Waals surface area contributed by atoms with Gasteiger partial charge >= 0.3 is 0 Å². The minimum Gasteiger partial charge on any atom is -0.305 e. The number of nitrogens with one attached hydrogen (secondary N) is 2. The van der Waals surface area contributed by atoms with Gasteiger partial charge in [0.15, 0.2) is 0 Å². The highest BCUT2D eigenvalue weighted by Gasteiger charge is 2.08. The second kappa shape index (κ2) is 5.93. The van der Waals surface area contributed by atoms with Crippen LogP contribution in [0.1, 0.15) is 24.2 Å². The van der Waals surface area contributed by atoms with Gasteiger partial charge in [-0.15, -0.1) is 0 Å². The van der Waals surface area contributed by atoms with E-state index in [2.05, 4.69) is 51.8 Å². The molecule has 3 aromatic rings. The standard InChI is InChI=1S/C16H19N5/c1-12(16-8-10-19-21(16)2)17-11-13-3-5-14(6-4-13)15-7-9-18-20-15/h3-10,12,17H,11H2,1-2H3,(H,18,20). The summed E-state index contributed by atoms with van der Waals surface area (Å²) in [5, 5.41) is 14.7. The molecule has 108 valence electrons. The maximum Gasteiger partial charge on any atom is 0.0650 e. The van der Waals surface area contributed by atoms with Crippen LogP contribution < -0.4 is 5.32 Å². The van der Waals surface area contributed by atoms with E-state index in [0.717, 1.165) is 17.8 Å². The van der Waals surface area contributed by atoms with E-state index in [4.69, 9.17) is 0 Å². The monoisotopic (exact) mass is 281 g/mol. The first kappa shape index (κ1) is 13.6. The molecule has 2 N–H and O–H groups in total. The summed E-state index contributed by atoms with van der Waals surface area (Å²) in [6, 6.07) is 12.8. The lowest BCUT2D eigenvalue weighted by molar-refractivity contribution is 0.530. The predicted octanol–water partition coefficient (Wildman–Crippen LogP) is 2.66. The third kappa shape index (κ3) is 3.03. The Morgan fingerprint density at radius 2 is 1.95 bits per heavy atom. The molecule has 2 heterocycles. The van der Waals surface area contributed by atoms with E-state index in [1.807, 2.05) is 30.1 Å². The van der Waals surface area contributed by atoms with Gasteiger partial charge in [-0.1, -0.05) is 24.3 Å². The molecule has 0 radical (unpaired) electrons. The zero-order valence-electron chi connectivity index (χ0n) is 12.2. The van der Waals surface area contributed by atoms with E-state index in [1.165, 1.54) is 11.3 Å². The highest BCUT2D eigenvalue weighted by molar-refractivity contribution is 5.58. The molecule has 5 heteroatoms. The van der Waals surface area contributed by atoms with E-state index in [-0.39, 0.29) is 6.04 Å². The summed E-state index contributed by atoms with van der Waals surface area (Å²) in [7, 11) is 1.96. The van der Waals surface area contributed by atoms with Crippen LogP contribution in [0.15, 0.2) is 48.8 Å². The smallest absolute Gasteiger partial charge is 0.0650 e. The largest absolute Gasteiger partial charge is 0.305 e. The molecule has 21 heavy (non-hydrogen) atoms. The lowest BCUT2D eigenvalue weighted by atomic mass is 10.1. The number of hydrogen-bond acceptors (Lipinski definition) is 3. The second-order valence-electron chi connectivity index (χ2n) is 5.15. The SMILES string of the molecule is CC(NCc1ccc(-c2ccn[nH]2)cc1)c1ccnn1C. The third-order valence-electron chi connectivity index (χ3n) is 3.68. The molecule has 5 nitrogen and oxygen atoms in total. The van der Waals surface area contributed by atoms with Crippen molar-refractivity contribution < 1.29 is 0 Å². The Labute approximate surface area is 124 Å². The van der Waals surface area contributed by atoms with Crippen LogP contribution in [0.3, 0.4) is 0 Å². The summed E-state index contributed by atoms with van der Waals surface area (Å²) in [5.74, 6) is 0. The summed E-state index contributed by atoms with van der Waals surface area (Å²) in [6.07, 6.45) is 3.59. The second-order valence-corrected chi connectivity index (χ2v) is 5.15. The van der Waals surface area contributed by atoms with Crippen molar-refractivity contribution in [3.05, 3.63) is 60.0 Å². The minimum atomic E-state index is 0.268. The van der Waals surface area contributed by atoms with Gasteiger partial charge in [-0.2, -0.15) is 10.2 Å². The summed E-state index contributed by atoms with van der Waals surface area (Å²) in [5.41, 5.74) is 4.63. The molecule has 1 atom stereocenters. The highest BCUT2D eigenvalue weighted by atomic mass is 15.3. The number of aryl methyl sites for hydroxylation is 1. The molecular formula is C16H19N5. The lowest BCUT2D eigenvalue weighted by Gasteiger charge is -2.14. The fourth-order valence-corrected chi connectivity index (χ4v) is 2.40. The Balaban J connectivity index is 1.62. The molecule has 0 saturated carbocycles. The first-order valence-electron chi connectivity index (χ1n) is 7.04. The van der Waals surface area contributed by atoms with Crippen LogP contribution >= 0.6 is 0 Å². The van der Waals surface area contributed by atoms with Crippen molar-refractivity contribution in [1.29, 1.82) is 0 Å².